The molecule has 3 rings (SSSR count). The van der Waals surface area contributed by atoms with Gasteiger partial charge in [0.1, 0.15) is 11.6 Å². The van der Waals surface area contributed by atoms with Crippen LogP contribution in [0.4, 0.5) is 8.78 Å². The molecule has 0 aliphatic rings. The summed E-state index contributed by atoms with van der Waals surface area (Å²) < 4.78 is 28.9. The van der Waals surface area contributed by atoms with Crippen molar-refractivity contribution >= 4 is 0 Å². The Morgan fingerprint density at radius 3 is 1.96 bits per heavy atom. The highest BCUT2D eigenvalue weighted by Crippen LogP contribution is 2.37. The van der Waals surface area contributed by atoms with Crippen LogP contribution >= 0.6 is 0 Å². The molecule has 4 heteroatoms. The second-order valence-electron chi connectivity index (χ2n) is 5.70. The average molecular weight is 339 g/mol. The lowest BCUT2D eigenvalue weighted by atomic mass is 9.90. The van der Waals surface area contributed by atoms with Gasteiger partial charge in [-0.15, -0.1) is 0 Å². The van der Waals surface area contributed by atoms with Gasteiger partial charge in [0, 0.05) is 24.2 Å². The zero-order chi connectivity index (χ0) is 17.6. The molecule has 0 spiro atoms. The highest BCUT2D eigenvalue weighted by atomic mass is 19.1. The van der Waals surface area contributed by atoms with Gasteiger partial charge < -0.3 is 10.4 Å². The number of hydrogen-bond donors (Lipinski definition) is 2. The summed E-state index contributed by atoms with van der Waals surface area (Å²) in [7, 11) is 0. The summed E-state index contributed by atoms with van der Waals surface area (Å²) in [4.78, 5) is 0. The molecule has 0 fully saturated rings. The number of rotatable bonds is 6. The molecular weight excluding hydrogens is 320 g/mol. The van der Waals surface area contributed by atoms with E-state index >= 15 is 0 Å². The molecule has 2 nitrogen and oxygen atoms in total. The summed E-state index contributed by atoms with van der Waals surface area (Å²) in [5, 5.41) is 12.1. The maximum atomic E-state index is 14.5. The fourth-order valence-corrected chi connectivity index (χ4v) is 2.94. The molecule has 0 bridgehead atoms. The van der Waals surface area contributed by atoms with Crippen LogP contribution in [-0.2, 0) is 6.54 Å². The Balaban J connectivity index is 2.20. The fraction of sp³-hybridized carbons (Fsp3) is 0.143. The molecule has 128 valence electrons. The maximum absolute atomic E-state index is 14.5. The minimum Gasteiger partial charge on any atom is -0.395 e. The minimum atomic E-state index is -0.352. The maximum Gasteiger partial charge on any atom is 0.131 e. The van der Waals surface area contributed by atoms with Crippen molar-refractivity contribution in [1.29, 1.82) is 0 Å². The molecule has 0 aromatic heterocycles. The second kappa shape index (κ2) is 8.01. The van der Waals surface area contributed by atoms with Gasteiger partial charge in [-0.3, -0.25) is 0 Å². The van der Waals surface area contributed by atoms with Crippen LogP contribution in [0.25, 0.3) is 22.3 Å². The third kappa shape index (κ3) is 3.76. The van der Waals surface area contributed by atoms with Crippen LogP contribution in [-0.4, -0.2) is 18.3 Å². The molecule has 3 aromatic rings. The third-order valence-corrected chi connectivity index (χ3v) is 4.06. The third-order valence-electron chi connectivity index (χ3n) is 4.06. The van der Waals surface area contributed by atoms with Crippen molar-refractivity contribution in [2.24, 2.45) is 0 Å². The average Bonchev–Trinajstić information content (AvgIpc) is 2.63. The molecule has 25 heavy (non-hydrogen) atoms. The van der Waals surface area contributed by atoms with E-state index in [9.17, 15) is 8.78 Å². The predicted octanol–water partition coefficient (Wildman–Crippen LogP) is 4.38. The number of benzene rings is 3. The van der Waals surface area contributed by atoms with E-state index in [0.29, 0.717) is 35.3 Å². The number of aliphatic hydroxyl groups excluding tert-OH is 1. The number of aliphatic hydroxyl groups is 1. The van der Waals surface area contributed by atoms with E-state index in [1.54, 1.807) is 42.5 Å². The summed E-state index contributed by atoms with van der Waals surface area (Å²) in [6.45, 7) is 0.898. The van der Waals surface area contributed by atoms with Crippen LogP contribution in [0.5, 0.6) is 0 Å². The Hall–Kier alpha value is -2.56. The van der Waals surface area contributed by atoms with Gasteiger partial charge in [-0.1, -0.05) is 54.6 Å². The van der Waals surface area contributed by atoms with Crippen molar-refractivity contribution in [3.05, 3.63) is 83.9 Å². The topological polar surface area (TPSA) is 32.3 Å². The van der Waals surface area contributed by atoms with E-state index in [4.69, 9.17) is 5.11 Å². The summed E-state index contributed by atoms with van der Waals surface area (Å²) in [6, 6.07) is 18.5. The standard InChI is InChI=1S/C21H19F2NO/c22-19-10-3-1-7-16(19)17-9-5-6-15(14-24-12-13-25)21(17)18-8-2-4-11-20(18)23/h1-11,24-25H,12-14H2. The van der Waals surface area contributed by atoms with Gasteiger partial charge in [0.25, 0.3) is 0 Å². The van der Waals surface area contributed by atoms with Crippen molar-refractivity contribution in [2.45, 2.75) is 6.54 Å². The molecule has 0 radical (unpaired) electrons. The van der Waals surface area contributed by atoms with Gasteiger partial charge in [-0.25, -0.2) is 8.78 Å². The van der Waals surface area contributed by atoms with Crippen molar-refractivity contribution in [1.82, 2.24) is 5.32 Å². The molecule has 0 aliphatic heterocycles. The smallest absolute Gasteiger partial charge is 0.131 e. The summed E-state index contributed by atoms with van der Waals surface area (Å²) in [5.74, 6) is -0.699. The van der Waals surface area contributed by atoms with Gasteiger partial charge in [0.2, 0.25) is 0 Å². The van der Waals surface area contributed by atoms with Crippen molar-refractivity contribution in [2.75, 3.05) is 13.2 Å². The van der Waals surface area contributed by atoms with Crippen LogP contribution in [0.15, 0.2) is 66.7 Å². The monoisotopic (exact) mass is 339 g/mol. The number of hydrogen-bond acceptors (Lipinski definition) is 2. The Morgan fingerprint density at radius 1 is 0.720 bits per heavy atom. The Labute approximate surface area is 145 Å². The molecule has 0 aliphatic carbocycles. The Morgan fingerprint density at radius 2 is 1.32 bits per heavy atom. The van der Waals surface area contributed by atoms with Crippen molar-refractivity contribution in [3.63, 3.8) is 0 Å². The minimum absolute atomic E-state index is 0.0159. The van der Waals surface area contributed by atoms with E-state index in [2.05, 4.69) is 5.32 Å². The summed E-state index contributed by atoms with van der Waals surface area (Å²) in [5.41, 5.74) is 3.02. The first-order chi connectivity index (χ1) is 12.2. The van der Waals surface area contributed by atoms with Gasteiger partial charge in [0.05, 0.1) is 6.61 Å². The van der Waals surface area contributed by atoms with Crippen molar-refractivity contribution < 1.29 is 13.9 Å². The predicted molar refractivity (Wildman–Crippen MR) is 96.0 cm³/mol. The SMILES string of the molecule is OCCNCc1cccc(-c2ccccc2F)c1-c1ccccc1F. The van der Waals surface area contributed by atoms with Gasteiger partial charge in [-0.05, 0) is 28.8 Å². The molecule has 0 saturated carbocycles. The van der Waals surface area contributed by atoms with Crippen LogP contribution < -0.4 is 5.32 Å². The highest BCUT2D eigenvalue weighted by Gasteiger charge is 2.17. The fourth-order valence-electron chi connectivity index (χ4n) is 2.94. The zero-order valence-electron chi connectivity index (χ0n) is 13.7. The van der Waals surface area contributed by atoms with Crippen LogP contribution in [0.1, 0.15) is 5.56 Å². The van der Waals surface area contributed by atoms with E-state index in [-0.39, 0.29) is 18.2 Å². The first-order valence-electron chi connectivity index (χ1n) is 8.15. The first-order valence-corrected chi connectivity index (χ1v) is 8.15. The van der Waals surface area contributed by atoms with Crippen LogP contribution in [0, 0.1) is 11.6 Å². The molecule has 0 unspecified atom stereocenters. The van der Waals surface area contributed by atoms with Gasteiger partial charge in [-0.2, -0.15) is 0 Å². The quantitative estimate of drug-likeness (QED) is 0.653. The second-order valence-corrected chi connectivity index (χ2v) is 5.70. The number of halogens is 2. The van der Waals surface area contributed by atoms with Crippen LogP contribution in [0.2, 0.25) is 0 Å². The lowest BCUT2D eigenvalue weighted by Gasteiger charge is -2.17. The van der Waals surface area contributed by atoms with E-state index in [0.717, 1.165) is 5.56 Å². The van der Waals surface area contributed by atoms with Gasteiger partial charge in [0.15, 0.2) is 0 Å². The highest BCUT2D eigenvalue weighted by molar-refractivity contribution is 5.86. The number of nitrogens with one attached hydrogen (secondary N) is 1. The molecule has 0 amide bonds. The van der Waals surface area contributed by atoms with Crippen LogP contribution in [0.3, 0.4) is 0 Å². The molecular formula is C21H19F2NO. The molecule has 3 aromatic carbocycles. The van der Waals surface area contributed by atoms with Gasteiger partial charge >= 0.3 is 0 Å². The van der Waals surface area contributed by atoms with Crippen molar-refractivity contribution in [3.8, 4) is 22.3 Å². The molecule has 0 saturated heterocycles. The molecule has 0 atom stereocenters. The summed E-state index contributed by atoms with van der Waals surface area (Å²) in [6.07, 6.45) is 0. The molecule has 2 N–H and O–H groups in total. The van der Waals surface area contributed by atoms with E-state index in [1.807, 2.05) is 12.1 Å². The first kappa shape index (κ1) is 17.3. The lowest BCUT2D eigenvalue weighted by Crippen LogP contribution is -2.18. The zero-order valence-corrected chi connectivity index (χ0v) is 13.7. The lowest BCUT2D eigenvalue weighted by molar-refractivity contribution is 0.292. The Kier molecular flexibility index (Phi) is 5.53. The van der Waals surface area contributed by atoms with E-state index < -0.39 is 0 Å². The Bertz CT molecular complexity index is 864. The normalized spacial score (nSPS) is 10.8. The van der Waals surface area contributed by atoms with E-state index in [1.165, 1.54) is 12.1 Å². The summed E-state index contributed by atoms with van der Waals surface area (Å²) >= 11 is 0. The largest absolute Gasteiger partial charge is 0.395 e. The molecule has 0 heterocycles.